The maximum Gasteiger partial charge on any atom is 0.146 e. The molecule has 0 saturated carbocycles. The van der Waals surface area contributed by atoms with E-state index in [1.807, 2.05) is 11.3 Å². The number of benzene rings is 2. The summed E-state index contributed by atoms with van der Waals surface area (Å²) in [7, 11) is -3.86. The number of thiophene rings is 1. The number of hydrogen-bond acceptors (Lipinski definition) is 1. The highest BCUT2D eigenvalue weighted by molar-refractivity contribution is 7.13. The summed E-state index contributed by atoms with van der Waals surface area (Å²) in [6.07, 6.45) is 20.6. The molecule has 0 fully saturated rings. The smallest absolute Gasteiger partial charge is 0.124 e. The van der Waals surface area contributed by atoms with Crippen molar-refractivity contribution in [1.82, 2.24) is 0 Å². The molecule has 3 aromatic rings. The van der Waals surface area contributed by atoms with Gasteiger partial charge in [0.25, 0.3) is 0 Å². The molecule has 0 aliphatic heterocycles. The third kappa shape index (κ3) is 9.90. The number of unbranched alkanes of at least 4 members (excludes halogenated alkanes) is 10. The van der Waals surface area contributed by atoms with E-state index < -0.39 is 16.1 Å². The van der Waals surface area contributed by atoms with Gasteiger partial charge in [0.2, 0.25) is 0 Å². The zero-order valence-corrected chi connectivity index (χ0v) is 44.0. The second kappa shape index (κ2) is 21.4. The fourth-order valence-electron chi connectivity index (χ4n) is 12.4. The first-order valence-electron chi connectivity index (χ1n) is 25.1. The van der Waals surface area contributed by atoms with Crippen LogP contribution >= 0.6 is 11.3 Å². The number of fused-ring (bicyclic) bond motifs is 6. The Hall–Kier alpha value is -2.31. The van der Waals surface area contributed by atoms with Crippen molar-refractivity contribution in [2.24, 2.45) is 0 Å². The van der Waals surface area contributed by atoms with Crippen LogP contribution in [0, 0.1) is 22.9 Å². The van der Waals surface area contributed by atoms with Crippen molar-refractivity contribution >= 4 is 27.5 Å². The van der Waals surface area contributed by atoms with E-state index in [1.165, 1.54) is 133 Å². The van der Waals surface area contributed by atoms with Crippen molar-refractivity contribution in [3.8, 4) is 34.1 Å². The molecule has 1 aromatic heterocycles. The topological polar surface area (TPSA) is 0 Å². The normalized spacial score (nSPS) is 14.4. The lowest BCUT2D eigenvalue weighted by Crippen LogP contribution is -2.43. The lowest BCUT2D eigenvalue weighted by Gasteiger charge is -2.38. The van der Waals surface area contributed by atoms with Gasteiger partial charge in [-0.3, -0.25) is 0 Å². The van der Waals surface area contributed by atoms with Gasteiger partial charge in [-0.25, -0.2) is 0 Å². The molecular formula is C57H86SSi2. The molecule has 2 aliphatic rings. The highest BCUT2D eigenvalue weighted by atomic mass is 32.1. The van der Waals surface area contributed by atoms with Crippen LogP contribution in [0.4, 0.5) is 0 Å². The summed E-state index contributed by atoms with van der Waals surface area (Å²) in [5.74, 6) is 8.13. The largest absolute Gasteiger partial charge is 0.146 e. The van der Waals surface area contributed by atoms with Crippen molar-refractivity contribution < 1.29 is 0 Å². The van der Waals surface area contributed by atoms with Gasteiger partial charge in [-0.15, -0.1) is 22.4 Å². The molecule has 0 unspecified atom stereocenters. The van der Waals surface area contributed by atoms with Crippen molar-refractivity contribution in [1.29, 1.82) is 0 Å². The van der Waals surface area contributed by atoms with E-state index in [4.69, 9.17) is 0 Å². The summed E-state index contributed by atoms with van der Waals surface area (Å²) in [4.78, 5) is 2.66. The van der Waals surface area contributed by atoms with Gasteiger partial charge in [-0.05, 0) is 116 Å². The zero-order chi connectivity index (χ0) is 43.8. The number of aryl methyl sites for hydroxylation is 2. The van der Waals surface area contributed by atoms with Crippen LogP contribution in [0.25, 0.3) is 11.1 Å². The highest BCUT2D eigenvalue weighted by Crippen LogP contribution is 2.58. The van der Waals surface area contributed by atoms with Crippen molar-refractivity contribution in [2.75, 3.05) is 0 Å². The minimum Gasteiger partial charge on any atom is -0.124 e. The Morgan fingerprint density at radius 2 is 0.817 bits per heavy atom. The summed E-state index contributed by atoms with van der Waals surface area (Å²) < 4.78 is 0. The van der Waals surface area contributed by atoms with Crippen LogP contribution in [-0.4, -0.2) is 16.1 Å². The standard InChI is InChI=1S/C57H86SSi2/c1-15-17-19-21-23-25-27-47-29-31-49-50-32-30-48(28-26-24-22-20-18-16-2)38-54(50)57(53(49)37-47)39-51-52(40-57)56(34-36-60(44(9)10,45(11)12)46(13)14)58-55(51)33-35-59(41(3)4,42(5)6)43(7)8/h29-32,37-38,41-46H,15-28,39-40H2,1-14H3. The van der Waals surface area contributed by atoms with Gasteiger partial charge in [0.05, 0.1) is 9.75 Å². The predicted molar refractivity (Wildman–Crippen MR) is 274 cm³/mol. The van der Waals surface area contributed by atoms with Gasteiger partial charge in [0.1, 0.15) is 16.1 Å². The molecule has 0 atom stereocenters. The Balaban J connectivity index is 1.68. The molecule has 60 heavy (non-hydrogen) atoms. The second-order valence-electron chi connectivity index (χ2n) is 21.2. The van der Waals surface area contributed by atoms with E-state index in [2.05, 4.69) is 156 Å². The first-order chi connectivity index (χ1) is 28.6. The van der Waals surface area contributed by atoms with Crippen molar-refractivity contribution in [2.45, 2.75) is 238 Å². The van der Waals surface area contributed by atoms with Crippen LogP contribution in [0.5, 0.6) is 0 Å². The molecule has 2 aliphatic carbocycles. The fraction of sp³-hybridized carbons (Fsp3) is 0.649. The van der Waals surface area contributed by atoms with Gasteiger partial charge in [0, 0.05) is 5.41 Å². The Morgan fingerprint density at radius 3 is 1.15 bits per heavy atom. The van der Waals surface area contributed by atoms with Gasteiger partial charge >= 0.3 is 0 Å². The molecule has 1 spiro atoms. The van der Waals surface area contributed by atoms with Gasteiger partial charge < -0.3 is 0 Å². The molecule has 5 rings (SSSR count). The Morgan fingerprint density at radius 1 is 0.483 bits per heavy atom. The Kier molecular flexibility index (Phi) is 17.4. The second-order valence-corrected chi connectivity index (χ2v) is 33.4. The van der Waals surface area contributed by atoms with Gasteiger partial charge in [-0.2, -0.15) is 0 Å². The summed E-state index contributed by atoms with van der Waals surface area (Å²) >= 11 is 1.96. The number of rotatable bonds is 20. The highest BCUT2D eigenvalue weighted by Gasteiger charge is 2.50. The molecule has 0 saturated heterocycles. The first kappa shape index (κ1) is 48.7. The lowest BCUT2D eigenvalue weighted by molar-refractivity contribution is 0.560. The Labute approximate surface area is 377 Å². The summed E-state index contributed by atoms with van der Waals surface area (Å²) in [5, 5.41) is 0. The van der Waals surface area contributed by atoms with Crippen LogP contribution in [0.15, 0.2) is 36.4 Å². The van der Waals surface area contributed by atoms with E-state index in [1.54, 1.807) is 11.1 Å². The van der Waals surface area contributed by atoms with Crippen LogP contribution in [0.1, 0.15) is 217 Å². The fourth-order valence-corrected chi connectivity index (χ4v) is 24.1. The molecule has 2 aromatic carbocycles. The summed E-state index contributed by atoms with van der Waals surface area (Å²) in [6, 6.07) is 15.3. The maximum absolute atomic E-state index is 4.20. The lowest BCUT2D eigenvalue weighted by atomic mass is 9.74. The molecule has 0 amide bonds. The average Bonchev–Trinajstić information content (AvgIpc) is 3.82. The van der Waals surface area contributed by atoms with E-state index >= 15 is 0 Å². The molecule has 0 nitrogen and oxygen atoms in total. The van der Waals surface area contributed by atoms with Crippen LogP contribution in [0.3, 0.4) is 0 Å². The zero-order valence-electron chi connectivity index (χ0n) is 41.2. The van der Waals surface area contributed by atoms with Crippen LogP contribution in [-0.2, 0) is 31.1 Å². The van der Waals surface area contributed by atoms with Gasteiger partial charge in [0.15, 0.2) is 0 Å². The van der Waals surface area contributed by atoms with Crippen LogP contribution in [0.2, 0.25) is 33.2 Å². The minimum atomic E-state index is -1.93. The molecule has 0 N–H and O–H groups in total. The molecule has 0 radical (unpaired) electrons. The molecular weight excluding hydrogens is 773 g/mol. The molecule has 1 heterocycles. The maximum atomic E-state index is 4.20. The molecule has 328 valence electrons. The summed E-state index contributed by atoms with van der Waals surface area (Å²) in [5.41, 5.74) is 24.3. The predicted octanol–water partition coefficient (Wildman–Crippen LogP) is 17.8. The van der Waals surface area contributed by atoms with Crippen molar-refractivity contribution in [3.05, 3.63) is 79.5 Å². The monoisotopic (exact) mass is 859 g/mol. The van der Waals surface area contributed by atoms with E-state index in [0.717, 1.165) is 12.8 Å². The van der Waals surface area contributed by atoms with Gasteiger partial charge in [-0.1, -0.05) is 209 Å². The van der Waals surface area contributed by atoms with Crippen LogP contribution < -0.4 is 0 Å². The third-order valence-corrected chi connectivity index (χ3v) is 29.4. The molecule has 3 heteroatoms. The third-order valence-electron chi connectivity index (χ3n) is 15.7. The van der Waals surface area contributed by atoms with E-state index in [0.29, 0.717) is 33.2 Å². The number of hydrogen-bond donors (Lipinski definition) is 0. The van der Waals surface area contributed by atoms with Crippen molar-refractivity contribution in [3.63, 3.8) is 0 Å². The average molecular weight is 860 g/mol. The SMILES string of the molecule is CCCCCCCCc1ccc2c(c1)C1(Cc3c(C#C[Si](C(C)C)(C(C)C)C(C)C)sc(C#C[Si](C(C)C)(C(C)C)C(C)C)c3C1)c1cc(CCCCCCCC)ccc1-2. The first-order valence-corrected chi connectivity index (χ1v) is 30.4. The molecule has 0 bridgehead atoms. The Bertz CT molecular complexity index is 1810. The minimum absolute atomic E-state index is 0.0598. The van der Waals surface area contributed by atoms with E-state index in [-0.39, 0.29) is 5.41 Å². The quantitative estimate of drug-likeness (QED) is 0.0603. The summed E-state index contributed by atoms with van der Waals surface area (Å²) in [6.45, 7) is 34.1. The van der Waals surface area contributed by atoms with E-state index in [9.17, 15) is 0 Å².